The van der Waals surface area contributed by atoms with Crippen LogP contribution in [0.1, 0.15) is 387 Å². The summed E-state index contributed by atoms with van der Waals surface area (Å²) in [5, 5.41) is 10.6. The molecular formula is C79H148O17P2. The van der Waals surface area contributed by atoms with E-state index in [0.717, 1.165) is 128 Å². The molecule has 0 aliphatic rings. The number of carbonyl (C=O) groups is 4. The van der Waals surface area contributed by atoms with E-state index in [9.17, 15) is 43.2 Å². The van der Waals surface area contributed by atoms with Gasteiger partial charge in [-0.1, -0.05) is 334 Å². The van der Waals surface area contributed by atoms with Crippen LogP contribution < -0.4 is 0 Å². The molecule has 19 heteroatoms. The smallest absolute Gasteiger partial charge is 0.462 e. The van der Waals surface area contributed by atoms with Crippen LogP contribution in [0.15, 0.2) is 36.5 Å². The van der Waals surface area contributed by atoms with E-state index in [1.807, 2.05) is 0 Å². The Morgan fingerprint density at radius 1 is 0.286 bits per heavy atom. The summed E-state index contributed by atoms with van der Waals surface area (Å²) in [4.78, 5) is 72.9. The Balaban J connectivity index is 5.28. The average molecular weight is 1430 g/mol. The van der Waals surface area contributed by atoms with Crippen LogP contribution in [0.4, 0.5) is 0 Å². The van der Waals surface area contributed by atoms with Crippen molar-refractivity contribution in [2.75, 3.05) is 39.6 Å². The van der Waals surface area contributed by atoms with Crippen LogP contribution in [0.3, 0.4) is 0 Å². The van der Waals surface area contributed by atoms with Gasteiger partial charge in [0.05, 0.1) is 26.4 Å². The molecule has 0 aromatic rings. The zero-order valence-corrected chi connectivity index (χ0v) is 64.8. The van der Waals surface area contributed by atoms with Crippen molar-refractivity contribution in [1.29, 1.82) is 0 Å². The van der Waals surface area contributed by atoms with Gasteiger partial charge in [-0.25, -0.2) is 9.13 Å². The van der Waals surface area contributed by atoms with Gasteiger partial charge in [0, 0.05) is 25.7 Å². The Kier molecular flexibility index (Phi) is 70.6. The quantitative estimate of drug-likeness (QED) is 0.0169. The highest BCUT2D eigenvalue weighted by Gasteiger charge is 2.30. The minimum absolute atomic E-state index is 0.101. The van der Waals surface area contributed by atoms with Gasteiger partial charge in [0.1, 0.15) is 19.3 Å². The van der Waals surface area contributed by atoms with Crippen molar-refractivity contribution in [3.63, 3.8) is 0 Å². The first-order valence-electron chi connectivity index (χ1n) is 40.2. The molecule has 5 atom stereocenters. The maximum absolute atomic E-state index is 13.1. The van der Waals surface area contributed by atoms with Crippen molar-refractivity contribution >= 4 is 39.5 Å². The molecule has 3 N–H and O–H groups in total. The fourth-order valence-corrected chi connectivity index (χ4v) is 13.0. The number of unbranched alkanes of at least 4 members (excludes halogenated alkanes) is 45. The fourth-order valence-electron chi connectivity index (χ4n) is 11.5. The molecule has 0 spiro atoms. The Morgan fingerprint density at radius 2 is 0.500 bits per heavy atom. The summed E-state index contributed by atoms with van der Waals surface area (Å²) in [5.41, 5.74) is 0. The van der Waals surface area contributed by atoms with E-state index in [-0.39, 0.29) is 25.7 Å². The van der Waals surface area contributed by atoms with Crippen LogP contribution in [-0.4, -0.2) is 96.7 Å². The second-order valence-corrected chi connectivity index (χ2v) is 30.3. The van der Waals surface area contributed by atoms with Gasteiger partial charge in [-0.15, -0.1) is 0 Å². The lowest BCUT2D eigenvalue weighted by molar-refractivity contribution is -0.161. The van der Waals surface area contributed by atoms with E-state index in [0.29, 0.717) is 25.7 Å². The number of rotatable bonds is 77. The minimum atomic E-state index is -4.97. The summed E-state index contributed by atoms with van der Waals surface area (Å²) in [6.07, 6.45) is 68.3. The summed E-state index contributed by atoms with van der Waals surface area (Å²) in [5.74, 6) is -2.14. The number of esters is 4. The number of aliphatic hydroxyl groups excluding tert-OH is 1. The van der Waals surface area contributed by atoms with E-state index in [2.05, 4.69) is 64.2 Å². The molecular weight excluding hydrogens is 1280 g/mol. The molecule has 0 aliphatic heterocycles. The summed E-state index contributed by atoms with van der Waals surface area (Å²) < 4.78 is 68.6. The summed E-state index contributed by atoms with van der Waals surface area (Å²) in [6, 6.07) is 0. The second-order valence-electron chi connectivity index (χ2n) is 27.4. The Bertz CT molecular complexity index is 2000. The van der Waals surface area contributed by atoms with Crippen molar-refractivity contribution in [3.05, 3.63) is 36.5 Å². The zero-order chi connectivity index (χ0) is 71.8. The number of phosphoric ester groups is 2. The fraction of sp³-hybridized carbons (Fsp3) is 0.873. The molecule has 0 aromatic heterocycles. The topological polar surface area (TPSA) is 237 Å². The number of hydrogen-bond acceptors (Lipinski definition) is 15. The van der Waals surface area contributed by atoms with Crippen molar-refractivity contribution in [1.82, 2.24) is 0 Å². The molecule has 0 heterocycles. The SMILES string of the molecule is CCCCC/C=C\C/C=C\C/C=C\CCCCCCCCC(=O)OCC(COP(=O)(O)OCC(O)COP(=O)(O)OCC(COC(=O)CCCCCCCCCCCCCCC)OC(=O)CCCCCCCCCCCCCCC)OC(=O)CCCCCCCCCCCCCCC. The van der Waals surface area contributed by atoms with Gasteiger partial charge in [-0.05, 0) is 64.2 Å². The van der Waals surface area contributed by atoms with Gasteiger partial charge in [-0.3, -0.25) is 37.3 Å². The Morgan fingerprint density at radius 3 is 0.786 bits per heavy atom. The van der Waals surface area contributed by atoms with E-state index >= 15 is 0 Å². The largest absolute Gasteiger partial charge is 0.472 e. The molecule has 0 bridgehead atoms. The van der Waals surface area contributed by atoms with Gasteiger partial charge in [0.25, 0.3) is 0 Å². The highest BCUT2D eigenvalue weighted by Crippen LogP contribution is 2.45. The predicted molar refractivity (Wildman–Crippen MR) is 400 cm³/mol. The van der Waals surface area contributed by atoms with Crippen molar-refractivity contribution in [3.8, 4) is 0 Å². The lowest BCUT2D eigenvalue weighted by atomic mass is 10.0. The standard InChI is InChI=1S/C79H148O17P2/c1-5-9-13-17-21-25-29-33-34-35-36-37-38-42-44-48-52-56-60-64-77(82)90-70-75(96-79(84)66-62-58-54-50-46-41-32-28-24-20-16-12-8-4)72-94-98(87,88)92-68-73(80)67-91-97(85,86)93-71-74(95-78(83)65-61-57-53-49-45-40-31-27-23-19-15-11-7-3)69-89-76(81)63-59-55-51-47-43-39-30-26-22-18-14-10-6-2/h21,25,33-34,36-37,73-75,80H,5-20,22-24,26-32,35,38-72H2,1-4H3,(H,85,86)(H,87,88)/b25-21-,34-33-,37-36-. The average Bonchev–Trinajstić information content (AvgIpc) is 0.966. The molecule has 17 nitrogen and oxygen atoms in total. The van der Waals surface area contributed by atoms with E-state index in [4.69, 9.17) is 37.0 Å². The zero-order valence-electron chi connectivity index (χ0n) is 63.0. The van der Waals surface area contributed by atoms with Crippen LogP contribution >= 0.6 is 15.6 Å². The molecule has 0 rings (SSSR count). The van der Waals surface area contributed by atoms with Gasteiger partial charge in [-0.2, -0.15) is 0 Å². The number of hydrogen-bond donors (Lipinski definition) is 3. The second kappa shape index (κ2) is 72.6. The maximum atomic E-state index is 13.1. The van der Waals surface area contributed by atoms with Crippen LogP contribution in [-0.2, 0) is 65.4 Å². The third-order valence-electron chi connectivity index (χ3n) is 17.6. The molecule has 0 saturated heterocycles. The minimum Gasteiger partial charge on any atom is -0.462 e. The first-order valence-corrected chi connectivity index (χ1v) is 43.2. The summed E-state index contributed by atoms with van der Waals surface area (Å²) in [6.45, 7) is 4.93. The van der Waals surface area contributed by atoms with Gasteiger partial charge < -0.3 is 33.8 Å². The van der Waals surface area contributed by atoms with Crippen molar-refractivity contribution < 1.29 is 80.2 Å². The third-order valence-corrected chi connectivity index (χ3v) is 19.5. The molecule has 0 amide bonds. The maximum Gasteiger partial charge on any atom is 0.472 e. The normalized spacial score (nSPS) is 14.1. The van der Waals surface area contributed by atoms with Crippen molar-refractivity contribution in [2.24, 2.45) is 0 Å². The molecule has 576 valence electrons. The Hall–Kier alpha value is -2.72. The summed E-state index contributed by atoms with van der Waals surface area (Å²) >= 11 is 0. The lowest BCUT2D eigenvalue weighted by Crippen LogP contribution is -2.30. The van der Waals surface area contributed by atoms with E-state index in [1.54, 1.807) is 0 Å². The highest BCUT2D eigenvalue weighted by molar-refractivity contribution is 7.47. The van der Waals surface area contributed by atoms with Crippen LogP contribution in [0.25, 0.3) is 0 Å². The molecule has 0 radical (unpaired) electrons. The van der Waals surface area contributed by atoms with Crippen LogP contribution in [0.5, 0.6) is 0 Å². The Labute approximate surface area is 598 Å². The lowest BCUT2D eigenvalue weighted by Gasteiger charge is -2.21. The van der Waals surface area contributed by atoms with Crippen molar-refractivity contribution in [2.45, 2.75) is 406 Å². The molecule has 0 aromatic carbocycles. The first kappa shape index (κ1) is 95.3. The number of phosphoric acid groups is 2. The molecule has 0 fully saturated rings. The van der Waals surface area contributed by atoms with Gasteiger partial charge in [0.2, 0.25) is 0 Å². The number of allylic oxidation sites excluding steroid dienone is 6. The van der Waals surface area contributed by atoms with Gasteiger partial charge >= 0.3 is 39.5 Å². The number of ether oxygens (including phenoxy) is 4. The highest BCUT2D eigenvalue weighted by atomic mass is 31.2. The number of aliphatic hydroxyl groups is 1. The monoisotopic (exact) mass is 1430 g/mol. The molecule has 0 saturated carbocycles. The number of carbonyl (C=O) groups excluding carboxylic acids is 4. The molecule has 0 aliphatic carbocycles. The molecule has 98 heavy (non-hydrogen) atoms. The summed E-state index contributed by atoms with van der Waals surface area (Å²) in [7, 11) is -9.93. The van der Waals surface area contributed by atoms with E-state index in [1.165, 1.54) is 180 Å². The first-order chi connectivity index (χ1) is 47.7. The predicted octanol–water partition coefficient (Wildman–Crippen LogP) is 23.1. The molecule has 5 unspecified atom stereocenters. The third kappa shape index (κ3) is 71.7. The van der Waals surface area contributed by atoms with Gasteiger partial charge in [0.15, 0.2) is 12.2 Å². The van der Waals surface area contributed by atoms with Crippen LogP contribution in [0, 0.1) is 0 Å². The van der Waals surface area contributed by atoms with Crippen LogP contribution in [0.2, 0.25) is 0 Å². The van der Waals surface area contributed by atoms with E-state index < -0.39 is 97.5 Å².